The fraction of sp³-hybridized carbons (Fsp3) is 0.190. The molecule has 0 atom stereocenters. The van der Waals surface area contributed by atoms with Gasteiger partial charge in [0.05, 0.1) is 33.4 Å². The van der Waals surface area contributed by atoms with E-state index in [1.165, 1.54) is 0 Å². The fourth-order valence-corrected chi connectivity index (χ4v) is 4.63. The van der Waals surface area contributed by atoms with Crippen LogP contribution in [-0.4, -0.2) is 52.1 Å². The van der Waals surface area contributed by atoms with Gasteiger partial charge in [0.1, 0.15) is 5.69 Å². The van der Waals surface area contributed by atoms with Crippen LogP contribution in [-0.2, 0) is 16.1 Å². The van der Waals surface area contributed by atoms with Crippen molar-refractivity contribution in [3.63, 3.8) is 0 Å². The van der Waals surface area contributed by atoms with Gasteiger partial charge in [-0.15, -0.1) is 11.3 Å². The number of carbonyl (C=O) groups is 2. The van der Waals surface area contributed by atoms with Gasteiger partial charge in [-0.3, -0.25) is 19.6 Å². The maximum atomic E-state index is 12.8. The maximum Gasteiger partial charge on any atom is 0.261 e. The number of aromatic amines is 1. The number of imide groups is 1. The number of likely N-dealkylation sites (N-methyl/N-ethyl adjacent to an activating group) is 1. The number of hydrogen-bond acceptors (Lipinski definition) is 5. The van der Waals surface area contributed by atoms with E-state index in [-0.39, 0.29) is 5.91 Å². The number of fused-ring (bicyclic) bond motifs is 2. The van der Waals surface area contributed by atoms with E-state index in [1.807, 2.05) is 54.5 Å². The van der Waals surface area contributed by atoms with Crippen LogP contribution < -0.4 is 5.32 Å². The minimum atomic E-state index is -0.404. The summed E-state index contributed by atoms with van der Waals surface area (Å²) in [4.78, 5) is 30.8. The Morgan fingerprint density at radius 1 is 1.10 bits per heavy atom. The van der Waals surface area contributed by atoms with Gasteiger partial charge in [0, 0.05) is 23.7 Å². The van der Waals surface area contributed by atoms with Crippen LogP contribution in [0.25, 0.3) is 32.3 Å². The molecule has 1 aliphatic heterocycles. The minimum Gasteiger partial charge on any atom is -0.360 e. The number of amides is 2. The molecule has 2 amide bonds. The van der Waals surface area contributed by atoms with Crippen LogP contribution in [0.15, 0.2) is 41.9 Å². The van der Waals surface area contributed by atoms with Crippen molar-refractivity contribution < 1.29 is 9.59 Å². The molecule has 0 bridgehead atoms. The van der Waals surface area contributed by atoms with E-state index in [0.717, 1.165) is 33.2 Å². The molecule has 8 heteroatoms. The average molecular weight is 405 g/mol. The van der Waals surface area contributed by atoms with Crippen LogP contribution in [0.4, 0.5) is 0 Å². The number of hydrogen-bond donors (Lipinski definition) is 2. The molecule has 0 radical (unpaired) electrons. The number of rotatable bonds is 5. The molecule has 0 fully saturated rings. The molecule has 3 aromatic heterocycles. The average Bonchev–Trinajstić information content (AvgIpc) is 3.43. The first-order valence-electron chi connectivity index (χ1n) is 9.30. The molecule has 29 heavy (non-hydrogen) atoms. The van der Waals surface area contributed by atoms with Gasteiger partial charge in [-0.1, -0.05) is 18.2 Å². The quantitative estimate of drug-likeness (QED) is 0.500. The predicted octanol–water partition coefficient (Wildman–Crippen LogP) is 2.71. The molecule has 1 aliphatic rings. The first kappa shape index (κ1) is 17.8. The normalized spacial score (nSPS) is 14.7. The zero-order valence-corrected chi connectivity index (χ0v) is 16.8. The van der Waals surface area contributed by atoms with Gasteiger partial charge >= 0.3 is 0 Å². The Morgan fingerprint density at radius 3 is 2.72 bits per heavy atom. The second-order valence-electron chi connectivity index (χ2n) is 7.29. The van der Waals surface area contributed by atoms with Crippen LogP contribution in [0.1, 0.15) is 11.3 Å². The second-order valence-corrected chi connectivity index (χ2v) is 8.21. The summed E-state index contributed by atoms with van der Waals surface area (Å²) in [5.41, 5.74) is 3.89. The van der Waals surface area contributed by atoms with Crippen LogP contribution in [0, 0.1) is 0 Å². The SMILES string of the molecule is CN(C)CCn1nc(C2=C(c3c[nH]c4ccsc34)C(=O)NC2=O)c2ccccc21. The van der Waals surface area contributed by atoms with Crippen LogP contribution in [0.3, 0.4) is 0 Å². The highest BCUT2D eigenvalue weighted by Crippen LogP contribution is 2.38. The van der Waals surface area contributed by atoms with Crippen molar-refractivity contribution in [2.24, 2.45) is 0 Å². The zero-order valence-electron chi connectivity index (χ0n) is 16.0. The van der Waals surface area contributed by atoms with Crippen LogP contribution >= 0.6 is 11.3 Å². The molecule has 4 aromatic rings. The molecule has 0 aliphatic carbocycles. The maximum absolute atomic E-state index is 12.8. The number of nitrogens with one attached hydrogen (secondary N) is 2. The standard InChI is InChI=1S/C21H19N5O2S/c1-25(2)8-9-26-15-6-4-3-5-12(15)18(24-26)17-16(20(27)23-21(17)28)13-11-22-14-7-10-29-19(13)14/h3-7,10-11,22H,8-9H2,1-2H3,(H,23,27,28). The Bertz CT molecular complexity index is 1310. The van der Waals surface area contributed by atoms with E-state index in [1.54, 1.807) is 17.5 Å². The van der Waals surface area contributed by atoms with Crippen LogP contribution in [0.2, 0.25) is 0 Å². The van der Waals surface area contributed by atoms with Crippen molar-refractivity contribution in [2.45, 2.75) is 6.54 Å². The summed E-state index contributed by atoms with van der Waals surface area (Å²) >= 11 is 1.54. The lowest BCUT2D eigenvalue weighted by molar-refractivity contribution is -0.122. The van der Waals surface area contributed by atoms with E-state index < -0.39 is 5.91 Å². The summed E-state index contributed by atoms with van der Waals surface area (Å²) < 4.78 is 2.86. The number of benzene rings is 1. The summed E-state index contributed by atoms with van der Waals surface area (Å²) in [6.07, 6.45) is 1.79. The Kier molecular flexibility index (Phi) is 4.11. The third-order valence-electron chi connectivity index (χ3n) is 5.14. The third kappa shape index (κ3) is 2.80. The molecule has 146 valence electrons. The lowest BCUT2D eigenvalue weighted by Crippen LogP contribution is -2.23. The van der Waals surface area contributed by atoms with Gasteiger partial charge in [-0.2, -0.15) is 5.10 Å². The van der Waals surface area contributed by atoms with Gasteiger partial charge in [-0.05, 0) is 31.6 Å². The van der Waals surface area contributed by atoms with Crippen molar-refractivity contribution in [1.29, 1.82) is 0 Å². The van der Waals surface area contributed by atoms with Crippen molar-refractivity contribution in [2.75, 3.05) is 20.6 Å². The highest BCUT2D eigenvalue weighted by Gasteiger charge is 2.36. The lowest BCUT2D eigenvalue weighted by Gasteiger charge is -2.09. The molecule has 0 saturated carbocycles. The smallest absolute Gasteiger partial charge is 0.261 e. The highest BCUT2D eigenvalue weighted by atomic mass is 32.1. The molecule has 2 N–H and O–H groups in total. The van der Waals surface area contributed by atoms with E-state index in [9.17, 15) is 9.59 Å². The number of aromatic nitrogens is 3. The number of thiophene rings is 1. The molecular formula is C21H19N5O2S. The molecule has 5 rings (SSSR count). The van der Waals surface area contributed by atoms with E-state index >= 15 is 0 Å². The van der Waals surface area contributed by atoms with Crippen molar-refractivity contribution >= 4 is 55.4 Å². The number of H-pyrrole nitrogens is 1. The van der Waals surface area contributed by atoms with Crippen molar-refractivity contribution in [1.82, 2.24) is 25.0 Å². The molecule has 4 heterocycles. The second kappa shape index (κ2) is 6.68. The summed E-state index contributed by atoms with van der Waals surface area (Å²) in [6.45, 7) is 1.50. The third-order valence-corrected chi connectivity index (χ3v) is 6.08. The Hall–Kier alpha value is -3.23. The zero-order chi connectivity index (χ0) is 20.1. The topological polar surface area (TPSA) is 83.0 Å². The molecule has 0 saturated heterocycles. The van der Waals surface area contributed by atoms with Gasteiger partial charge in [0.15, 0.2) is 0 Å². The summed E-state index contributed by atoms with van der Waals surface area (Å²) in [5.74, 6) is -0.787. The van der Waals surface area contributed by atoms with Crippen molar-refractivity contribution in [3.8, 4) is 0 Å². The summed E-state index contributed by atoms with van der Waals surface area (Å²) in [5, 5.41) is 10.1. The van der Waals surface area contributed by atoms with Gasteiger partial charge < -0.3 is 9.88 Å². The molecule has 1 aromatic carbocycles. The first-order chi connectivity index (χ1) is 14.0. The Morgan fingerprint density at radius 2 is 1.90 bits per heavy atom. The molecular weight excluding hydrogens is 386 g/mol. The largest absolute Gasteiger partial charge is 0.360 e. The van der Waals surface area contributed by atoms with Crippen molar-refractivity contribution in [3.05, 3.63) is 53.2 Å². The van der Waals surface area contributed by atoms with E-state index in [0.29, 0.717) is 23.4 Å². The van der Waals surface area contributed by atoms with Crippen LogP contribution in [0.5, 0.6) is 0 Å². The molecule has 7 nitrogen and oxygen atoms in total. The minimum absolute atomic E-state index is 0.337. The molecule has 0 unspecified atom stereocenters. The molecule has 0 spiro atoms. The van der Waals surface area contributed by atoms with E-state index in [2.05, 4.69) is 15.2 Å². The van der Waals surface area contributed by atoms with Gasteiger partial charge in [-0.25, -0.2) is 0 Å². The Labute approximate surface area is 170 Å². The Balaban J connectivity index is 1.75. The number of nitrogens with zero attached hydrogens (tertiary/aromatic N) is 3. The summed E-state index contributed by atoms with van der Waals surface area (Å²) in [6, 6.07) is 9.78. The van der Waals surface area contributed by atoms with Gasteiger partial charge in [0.2, 0.25) is 0 Å². The van der Waals surface area contributed by atoms with E-state index in [4.69, 9.17) is 5.10 Å². The van der Waals surface area contributed by atoms with Gasteiger partial charge in [0.25, 0.3) is 11.8 Å². The number of para-hydroxylation sites is 1. The lowest BCUT2D eigenvalue weighted by atomic mass is 9.99. The first-order valence-corrected chi connectivity index (χ1v) is 10.2. The fourth-order valence-electron chi connectivity index (χ4n) is 3.75. The monoisotopic (exact) mass is 405 g/mol. The summed E-state index contributed by atoms with van der Waals surface area (Å²) in [7, 11) is 4.02. The number of carbonyl (C=O) groups excluding carboxylic acids is 2. The predicted molar refractivity (Wildman–Crippen MR) is 114 cm³/mol. The highest BCUT2D eigenvalue weighted by molar-refractivity contribution is 7.17.